The van der Waals surface area contributed by atoms with Crippen molar-refractivity contribution in [3.63, 3.8) is 0 Å². The van der Waals surface area contributed by atoms with Crippen LogP contribution in [0.3, 0.4) is 0 Å². The van der Waals surface area contributed by atoms with Crippen LogP contribution in [0.2, 0.25) is 0 Å². The molecule has 1 aromatic heterocycles. The van der Waals surface area contributed by atoms with Gasteiger partial charge in [-0.25, -0.2) is 0 Å². The maximum absolute atomic E-state index is 12.8. The zero-order valence-electron chi connectivity index (χ0n) is 14.2. The van der Waals surface area contributed by atoms with Gasteiger partial charge in [-0.1, -0.05) is 18.2 Å². The summed E-state index contributed by atoms with van der Waals surface area (Å²) < 4.78 is 0. The molecule has 0 spiro atoms. The molecular formula is C18H21N5O2. The molecule has 7 heteroatoms. The number of nitrogens with one attached hydrogen (secondary N) is 2. The van der Waals surface area contributed by atoms with Crippen LogP contribution in [0.25, 0.3) is 0 Å². The van der Waals surface area contributed by atoms with Crippen LogP contribution in [-0.2, 0) is 28.9 Å². The smallest absolute Gasteiger partial charge is 0.249 e. The molecule has 1 aliphatic carbocycles. The van der Waals surface area contributed by atoms with Gasteiger partial charge in [0, 0.05) is 24.6 Å². The molecule has 0 bridgehead atoms. The summed E-state index contributed by atoms with van der Waals surface area (Å²) in [6.45, 7) is 2.43. The van der Waals surface area contributed by atoms with E-state index in [0.29, 0.717) is 13.0 Å². The largest absolute Gasteiger partial charge is 0.344 e. The molecule has 2 atom stereocenters. The van der Waals surface area contributed by atoms with Crippen molar-refractivity contribution >= 4 is 17.5 Å². The molecule has 2 N–H and O–H groups in total. The third-order valence-electron chi connectivity index (χ3n) is 5.13. The van der Waals surface area contributed by atoms with Crippen LogP contribution in [0.1, 0.15) is 30.3 Å². The predicted octanol–water partition coefficient (Wildman–Crippen LogP) is 1.00. The second-order valence-electron chi connectivity index (χ2n) is 6.76. The number of benzene rings is 1. The summed E-state index contributed by atoms with van der Waals surface area (Å²) in [5.74, 6) is -0.295. The van der Waals surface area contributed by atoms with Crippen LogP contribution in [0, 0.1) is 5.92 Å². The minimum atomic E-state index is -0.544. The van der Waals surface area contributed by atoms with Crippen molar-refractivity contribution in [3.8, 4) is 0 Å². The van der Waals surface area contributed by atoms with E-state index in [1.165, 1.54) is 5.56 Å². The Balaban J connectivity index is 1.40. The van der Waals surface area contributed by atoms with E-state index in [2.05, 4.69) is 20.7 Å². The van der Waals surface area contributed by atoms with Crippen LogP contribution >= 0.6 is 0 Å². The summed E-state index contributed by atoms with van der Waals surface area (Å²) in [5.41, 5.74) is 3.94. The molecule has 2 aliphatic rings. The summed E-state index contributed by atoms with van der Waals surface area (Å²) in [5, 5.41) is 13.7. The average Bonchev–Trinajstić information content (AvgIpc) is 3.26. The lowest BCUT2D eigenvalue weighted by Crippen LogP contribution is -2.48. The van der Waals surface area contributed by atoms with Gasteiger partial charge >= 0.3 is 0 Å². The van der Waals surface area contributed by atoms with Gasteiger partial charge in [0.15, 0.2) is 0 Å². The molecule has 2 aromatic rings. The Morgan fingerprint density at radius 2 is 2.04 bits per heavy atom. The van der Waals surface area contributed by atoms with Crippen molar-refractivity contribution in [1.29, 1.82) is 0 Å². The molecule has 4 rings (SSSR count). The first kappa shape index (κ1) is 15.8. The lowest BCUT2D eigenvalue weighted by molar-refractivity contribution is -0.130. The lowest BCUT2D eigenvalue weighted by Gasteiger charge is -2.25. The van der Waals surface area contributed by atoms with Crippen LogP contribution in [0.15, 0.2) is 24.3 Å². The fourth-order valence-electron chi connectivity index (χ4n) is 3.70. The van der Waals surface area contributed by atoms with E-state index in [9.17, 15) is 9.59 Å². The molecule has 25 heavy (non-hydrogen) atoms. The topological polar surface area (TPSA) is 91.0 Å². The van der Waals surface area contributed by atoms with Gasteiger partial charge in [-0.3, -0.25) is 9.59 Å². The quantitative estimate of drug-likeness (QED) is 0.873. The highest BCUT2D eigenvalue weighted by Crippen LogP contribution is 2.28. The molecule has 0 unspecified atom stereocenters. The molecule has 1 aliphatic heterocycles. The Hall–Kier alpha value is -2.70. The third kappa shape index (κ3) is 2.90. The lowest BCUT2D eigenvalue weighted by atomic mass is 9.89. The van der Waals surface area contributed by atoms with Gasteiger partial charge in [0.2, 0.25) is 11.8 Å². The maximum Gasteiger partial charge on any atom is 0.249 e. The molecule has 0 saturated carbocycles. The van der Waals surface area contributed by atoms with E-state index in [4.69, 9.17) is 0 Å². The SMILES string of the molecule is C[C@H](NC(=O)[C@@H]1CCc2n[nH]nc2C1)C(=O)N1CCc2ccccc21. The summed E-state index contributed by atoms with van der Waals surface area (Å²) in [7, 11) is 0. The first-order chi connectivity index (χ1) is 12.1. The molecule has 0 saturated heterocycles. The number of nitrogens with zero attached hydrogens (tertiary/aromatic N) is 3. The number of amides is 2. The Kier molecular flexibility index (Phi) is 3.99. The number of para-hydroxylation sites is 1. The molecule has 0 fully saturated rings. The highest BCUT2D eigenvalue weighted by atomic mass is 16.2. The second-order valence-corrected chi connectivity index (χ2v) is 6.76. The van der Waals surface area contributed by atoms with Gasteiger partial charge in [-0.05, 0) is 37.8 Å². The highest BCUT2D eigenvalue weighted by molar-refractivity contribution is 6.00. The summed E-state index contributed by atoms with van der Waals surface area (Å²) >= 11 is 0. The number of hydrogen-bond donors (Lipinski definition) is 2. The molecular weight excluding hydrogens is 318 g/mol. The normalized spacial score (nSPS) is 19.9. The zero-order valence-corrected chi connectivity index (χ0v) is 14.2. The maximum atomic E-state index is 12.8. The monoisotopic (exact) mass is 339 g/mol. The van der Waals surface area contributed by atoms with Crippen molar-refractivity contribution in [1.82, 2.24) is 20.7 Å². The van der Waals surface area contributed by atoms with Gasteiger partial charge < -0.3 is 10.2 Å². The van der Waals surface area contributed by atoms with Crippen molar-refractivity contribution in [2.75, 3.05) is 11.4 Å². The van der Waals surface area contributed by atoms with Crippen LogP contribution < -0.4 is 10.2 Å². The summed E-state index contributed by atoms with van der Waals surface area (Å²) in [6, 6.07) is 7.38. The number of aromatic nitrogens is 3. The number of hydrogen-bond acceptors (Lipinski definition) is 4. The van der Waals surface area contributed by atoms with E-state index in [0.717, 1.165) is 36.3 Å². The zero-order chi connectivity index (χ0) is 17.4. The van der Waals surface area contributed by atoms with E-state index < -0.39 is 6.04 Å². The fraction of sp³-hybridized carbons (Fsp3) is 0.444. The second kappa shape index (κ2) is 6.31. The summed E-state index contributed by atoms with van der Waals surface area (Å²) in [4.78, 5) is 27.1. The van der Waals surface area contributed by atoms with E-state index in [1.807, 2.05) is 24.3 Å². The third-order valence-corrected chi connectivity index (χ3v) is 5.13. The predicted molar refractivity (Wildman–Crippen MR) is 92.0 cm³/mol. The van der Waals surface area contributed by atoms with Crippen molar-refractivity contribution < 1.29 is 9.59 Å². The standard InChI is InChI=1S/C18H21N5O2/c1-11(18(25)23-9-8-12-4-2-3-5-16(12)23)19-17(24)13-6-7-14-15(10-13)21-22-20-14/h2-5,11,13H,6-10H2,1H3,(H,19,24)(H,20,21,22)/t11-,13+/m0/s1. The van der Waals surface area contributed by atoms with E-state index >= 15 is 0 Å². The minimum absolute atomic E-state index is 0.0590. The van der Waals surface area contributed by atoms with Gasteiger partial charge in [0.25, 0.3) is 0 Å². The molecule has 7 nitrogen and oxygen atoms in total. The number of rotatable bonds is 3. The number of aryl methyl sites for hydroxylation is 1. The fourth-order valence-corrected chi connectivity index (χ4v) is 3.70. The van der Waals surface area contributed by atoms with Gasteiger partial charge in [-0.15, -0.1) is 0 Å². The van der Waals surface area contributed by atoms with Crippen LogP contribution in [0.4, 0.5) is 5.69 Å². The Morgan fingerprint density at radius 3 is 2.92 bits per heavy atom. The first-order valence-electron chi connectivity index (χ1n) is 8.71. The Labute approximate surface area is 145 Å². The molecule has 1 aromatic carbocycles. The number of aromatic amines is 1. The van der Waals surface area contributed by atoms with Crippen molar-refractivity contribution in [2.24, 2.45) is 5.92 Å². The van der Waals surface area contributed by atoms with Crippen LogP contribution in [-0.4, -0.2) is 39.8 Å². The van der Waals surface area contributed by atoms with Gasteiger partial charge in [0.05, 0.1) is 11.4 Å². The van der Waals surface area contributed by atoms with E-state index in [-0.39, 0.29) is 17.7 Å². The highest BCUT2D eigenvalue weighted by Gasteiger charge is 2.32. The molecule has 0 radical (unpaired) electrons. The van der Waals surface area contributed by atoms with Gasteiger partial charge in [-0.2, -0.15) is 15.4 Å². The molecule has 130 valence electrons. The number of H-pyrrole nitrogens is 1. The summed E-state index contributed by atoms with van der Waals surface area (Å²) in [6.07, 6.45) is 2.91. The van der Waals surface area contributed by atoms with Gasteiger partial charge in [0.1, 0.15) is 6.04 Å². The number of carbonyl (C=O) groups excluding carboxylic acids is 2. The number of fused-ring (bicyclic) bond motifs is 2. The Morgan fingerprint density at radius 1 is 1.24 bits per heavy atom. The first-order valence-corrected chi connectivity index (χ1v) is 8.71. The molecule has 2 heterocycles. The van der Waals surface area contributed by atoms with E-state index in [1.54, 1.807) is 11.8 Å². The average molecular weight is 339 g/mol. The number of anilines is 1. The molecule has 2 amide bonds. The van der Waals surface area contributed by atoms with Crippen molar-refractivity contribution in [2.45, 2.75) is 38.6 Å². The minimum Gasteiger partial charge on any atom is -0.344 e. The van der Waals surface area contributed by atoms with Crippen LogP contribution in [0.5, 0.6) is 0 Å². The Bertz CT molecular complexity index is 815. The number of carbonyl (C=O) groups is 2. The van der Waals surface area contributed by atoms with Crippen molar-refractivity contribution in [3.05, 3.63) is 41.2 Å².